The maximum atomic E-state index is 11.3. The van der Waals surface area contributed by atoms with Crippen LogP contribution in [0.1, 0.15) is 26.5 Å². The van der Waals surface area contributed by atoms with Gasteiger partial charge in [-0.25, -0.2) is 0 Å². The van der Waals surface area contributed by atoms with Gasteiger partial charge in [0.15, 0.2) is 5.78 Å². The summed E-state index contributed by atoms with van der Waals surface area (Å²) in [7, 11) is 0. The highest BCUT2D eigenvalue weighted by atomic mass is 35.5. The second-order valence-corrected chi connectivity index (χ2v) is 4.61. The molecule has 0 bridgehead atoms. The van der Waals surface area contributed by atoms with E-state index in [2.05, 4.69) is 0 Å². The Kier molecular flexibility index (Phi) is 2.41. The van der Waals surface area contributed by atoms with E-state index >= 15 is 0 Å². The molecule has 0 amide bonds. The fraction of sp³-hybridized carbons (Fsp3) is 0.444. The minimum Gasteiger partial charge on any atom is -0.324 e. The van der Waals surface area contributed by atoms with Gasteiger partial charge < -0.3 is 5.73 Å². The first-order chi connectivity index (χ1) is 6.24. The lowest BCUT2D eigenvalue weighted by Crippen LogP contribution is -2.12. The van der Waals surface area contributed by atoms with Crippen molar-refractivity contribution in [3.63, 3.8) is 0 Å². The van der Waals surface area contributed by atoms with E-state index in [1.165, 1.54) is 21.8 Å². The molecule has 1 aromatic heterocycles. The molecular formula is C9H10ClNOS. The number of ketones is 1. The maximum absolute atomic E-state index is 11.3. The molecule has 0 aliphatic heterocycles. The Morgan fingerprint density at radius 3 is 2.92 bits per heavy atom. The number of thiophene rings is 1. The molecule has 2 nitrogen and oxygen atoms in total. The molecule has 0 spiro atoms. The van der Waals surface area contributed by atoms with E-state index in [0.29, 0.717) is 9.90 Å². The Morgan fingerprint density at radius 2 is 2.31 bits per heavy atom. The molecule has 0 fully saturated rings. The highest BCUT2D eigenvalue weighted by molar-refractivity contribution is 7.15. The summed E-state index contributed by atoms with van der Waals surface area (Å²) in [4.78, 5) is 13.3. The van der Waals surface area contributed by atoms with Gasteiger partial charge in [-0.3, -0.25) is 4.79 Å². The minimum absolute atomic E-state index is 0.0376. The molecule has 1 aliphatic carbocycles. The summed E-state index contributed by atoms with van der Waals surface area (Å²) in [5, 5.41) is 0.660. The zero-order valence-electron chi connectivity index (χ0n) is 7.10. The van der Waals surface area contributed by atoms with Gasteiger partial charge in [-0.2, -0.15) is 0 Å². The predicted molar refractivity (Wildman–Crippen MR) is 54.7 cm³/mol. The lowest BCUT2D eigenvalue weighted by molar-refractivity contribution is 0.101. The van der Waals surface area contributed by atoms with Crippen molar-refractivity contribution in [2.45, 2.75) is 19.3 Å². The number of rotatable bonds is 2. The monoisotopic (exact) mass is 215 g/mol. The van der Waals surface area contributed by atoms with Gasteiger partial charge in [0, 0.05) is 4.88 Å². The summed E-state index contributed by atoms with van der Waals surface area (Å²) in [6.45, 7) is 0.0547. The summed E-state index contributed by atoms with van der Waals surface area (Å²) in [6.07, 6.45) is 3.25. The van der Waals surface area contributed by atoms with Crippen LogP contribution in [-0.2, 0) is 12.8 Å². The quantitative estimate of drug-likeness (QED) is 0.768. The maximum Gasteiger partial charge on any atom is 0.187 e. The van der Waals surface area contributed by atoms with Gasteiger partial charge in [0.05, 0.1) is 16.4 Å². The Labute approximate surface area is 85.7 Å². The van der Waals surface area contributed by atoms with Crippen molar-refractivity contribution < 1.29 is 4.79 Å². The van der Waals surface area contributed by atoms with Crippen molar-refractivity contribution in [3.05, 3.63) is 20.3 Å². The zero-order chi connectivity index (χ0) is 9.42. The molecule has 2 rings (SSSR count). The van der Waals surface area contributed by atoms with E-state index < -0.39 is 0 Å². The molecule has 1 aromatic rings. The SMILES string of the molecule is NCC(=O)c1sc2c(c1Cl)CCC2. The number of carbonyl (C=O) groups is 1. The van der Waals surface area contributed by atoms with Crippen LogP contribution in [0.3, 0.4) is 0 Å². The first kappa shape index (κ1) is 9.19. The second kappa shape index (κ2) is 3.40. The molecule has 0 atom stereocenters. The van der Waals surface area contributed by atoms with Gasteiger partial charge in [-0.15, -0.1) is 11.3 Å². The third-order valence-corrected chi connectivity index (χ3v) is 4.16. The van der Waals surface area contributed by atoms with Crippen LogP contribution in [0.5, 0.6) is 0 Å². The standard InChI is InChI=1S/C9H10ClNOS/c10-8-5-2-1-3-7(5)13-9(8)6(12)4-11/h1-4,11H2. The van der Waals surface area contributed by atoms with Gasteiger partial charge in [-0.1, -0.05) is 11.6 Å². The van der Waals surface area contributed by atoms with Crippen LogP contribution in [0.15, 0.2) is 0 Å². The van der Waals surface area contributed by atoms with Crippen LogP contribution >= 0.6 is 22.9 Å². The summed E-state index contributed by atoms with van der Waals surface area (Å²) in [5.41, 5.74) is 6.47. The van der Waals surface area contributed by atoms with Crippen molar-refractivity contribution >= 4 is 28.7 Å². The number of halogens is 1. The van der Waals surface area contributed by atoms with E-state index in [-0.39, 0.29) is 12.3 Å². The van der Waals surface area contributed by atoms with Crippen LogP contribution < -0.4 is 5.73 Å². The Balaban J connectivity index is 2.44. The topological polar surface area (TPSA) is 43.1 Å². The summed E-state index contributed by atoms with van der Waals surface area (Å²) in [6, 6.07) is 0. The fourth-order valence-corrected chi connectivity index (χ4v) is 3.35. The average molecular weight is 216 g/mol. The van der Waals surface area contributed by atoms with Crippen LogP contribution in [0.4, 0.5) is 0 Å². The lowest BCUT2D eigenvalue weighted by atomic mass is 10.2. The first-order valence-electron chi connectivity index (χ1n) is 4.27. The Morgan fingerprint density at radius 1 is 1.54 bits per heavy atom. The number of hydrogen-bond acceptors (Lipinski definition) is 3. The van der Waals surface area contributed by atoms with E-state index in [4.69, 9.17) is 17.3 Å². The fourth-order valence-electron chi connectivity index (χ4n) is 1.64. The van der Waals surface area contributed by atoms with Gasteiger partial charge in [0.1, 0.15) is 0 Å². The highest BCUT2D eigenvalue weighted by Crippen LogP contribution is 2.38. The van der Waals surface area contributed by atoms with Crippen LogP contribution in [0.2, 0.25) is 5.02 Å². The van der Waals surface area contributed by atoms with Gasteiger partial charge >= 0.3 is 0 Å². The Bertz CT molecular complexity index is 359. The zero-order valence-corrected chi connectivity index (χ0v) is 8.67. The van der Waals surface area contributed by atoms with E-state index in [1.807, 2.05) is 0 Å². The summed E-state index contributed by atoms with van der Waals surface area (Å²) < 4.78 is 0. The number of carbonyl (C=O) groups excluding carboxylic acids is 1. The predicted octanol–water partition coefficient (Wildman–Crippen LogP) is 2.03. The smallest absolute Gasteiger partial charge is 0.187 e. The second-order valence-electron chi connectivity index (χ2n) is 3.13. The molecule has 0 radical (unpaired) electrons. The molecule has 0 unspecified atom stereocenters. The molecule has 2 N–H and O–H groups in total. The average Bonchev–Trinajstić information content (AvgIpc) is 2.68. The van der Waals surface area contributed by atoms with Crippen molar-refractivity contribution in [2.75, 3.05) is 6.54 Å². The van der Waals surface area contributed by atoms with E-state index in [1.54, 1.807) is 0 Å². The molecular weight excluding hydrogens is 206 g/mol. The lowest BCUT2D eigenvalue weighted by Gasteiger charge is -1.95. The van der Waals surface area contributed by atoms with E-state index in [9.17, 15) is 4.79 Å². The van der Waals surface area contributed by atoms with Crippen LogP contribution in [0.25, 0.3) is 0 Å². The minimum atomic E-state index is -0.0376. The normalized spacial score (nSPS) is 14.6. The molecule has 0 saturated heterocycles. The molecule has 4 heteroatoms. The third-order valence-electron chi connectivity index (χ3n) is 2.30. The highest BCUT2D eigenvalue weighted by Gasteiger charge is 2.23. The van der Waals surface area contributed by atoms with Crippen molar-refractivity contribution in [3.8, 4) is 0 Å². The van der Waals surface area contributed by atoms with Crippen LogP contribution in [0, 0.1) is 0 Å². The van der Waals surface area contributed by atoms with E-state index in [0.717, 1.165) is 19.3 Å². The number of aryl methyl sites for hydroxylation is 1. The largest absolute Gasteiger partial charge is 0.324 e. The van der Waals surface area contributed by atoms with Gasteiger partial charge in [0.25, 0.3) is 0 Å². The summed E-state index contributed by atoms with van der Waals surface area (Å²) in [5.74, 6) is -0.0376. The molecule has 0 aromatic carbocycles. The number of Topliss-reactive ketones (excluding diaryl/α,β-unsaturated/α-hetero) is 1. The molecule has 13 heavy (non-hydrogen) atoms. The molecule has 1 aliphatic rings. The van der Waals surface area contributed by atoms with Crippen molar-refractivity contribution in [2.24, 2.45) is 5.73 Å². The molecule has 70 valence electrons. The number of fused-ring (bicyclic) bond motifs is 1. The molecule has 1 heterocycles. The summed E-state index contributed by atoms with van der Waals surface area (Å²) >= 11 is 7.60. The van der Waals surface area contributed by atoms with Crippen molar-refractivity contribution in [1.29, 1.82) is 0 Å². The number of hydrogen-bond donors (Lipinski definition) is 1. The first-order valence-corrected chi connectivity index (χ1v) is 5.46. The van der Waals surface area contributed by atoms with Crippen LogP contribution in [-0.4, -0.2) is 12.3 Å². The Hall–Kier alpha value is -0.380. The third kappa shape index (κ3) is 1.41. The van der Waals surface area contributed by atoms with Gasteiger partial charge in [0.2, 0.25) is 0 Å². The number of nitrogens with two attached hydrogens (primary N) is 1. The van der Waals surface area contributed by atoms with Gasteiger partial charge in [-0.05, 0) is 24.8 Å². The molecule has 0 saturated carbocycles. The van der Waals surface area contributed by atoms with Crippen molar-refractivity contribution in [1.82, 2.24) is 0 Å².